The molecule has 7 heteroatoms. The Morgan fingerprint density at radius 2 is 2.26 bits per heavy atom. The number of hydrogen-bond donors (Lipinski definition) is 0. The second-order valence-corrected chi connectivity index (χ2v) is 7.45. The van der Waals surface area contributed by atoms with E-state index in [-0.39, 0.29) is 18.1 Å². The van der Waals surface area contributed by atoms with Crippen molar-refractivity contribution in [3.63, 3.8) is 0 Å². The van der Waals surface area contributed by atoms with Gasteiger partial charge in [-0.05, 0) is 32.1 Å². The van der Waals surface area contributed by atoms with E-state index in [9.17, 15) is 4.79 Å². The van der Waals surface area contributed by atoms with Gasteiger partial charge in [-0.15, -0.1) is 11.3 Å². The van der Waals surface area contributed by atoms with Crippen LogP contribution in [0.3, 0.4) is 0 Å². The van der Waals surface area contributed by atoms with Crippen molar-refractivity contribution in [3.8, 4) is 0 Å². The van der Waals surface area contributed by atoms with Crippen LogP contribution in [-0.2, 0) is 20.9 Å². The molecular weight excluding hydrogens is 314 g/mol. The molecule has 3 aliphatic heterocycles. The summed E-state index contributed by atoms with van der Waals surface area (Å²) in [6.45, 7) is 3.27. The van der Waals surface area contributed by atoms with E-state index < -0.39 is 0 Å². The first kappa shape index (κ1) is 15.5. The van der Waals surface area contributed by atoms with Crippen molar-refractivity contribution in [2.45, 2.75) is 56.9 Å². The minimum absolute atomic E-state index is 0.0153. The standard InChI is InChI=1S/C16H23N3O3S/c20-16(19-7-1-2-9-21-19)14-4-3-12-13(22-14)5-8-18(12)11-15-17-6-10-23-15/h6,10,12-14H,1-5,7-9,11H2/t12-,13-,14+/m1/s1. The summed E-state index contributed by atoms with van der Waals surface area (Å²) < 4.78 is 6.14. The number of carbonyl (C=O) groups is 1. The van der Waals surface area contributed by atoms with Crippen LogP contribution in [0.25, 0.3) is 0 Å². The quantitative estimate of drug-likeness (QED) is 0.842. The summed E-state index contributed by atoms with van der Waals surface area (Å²) in [6, 6.07) is 0.422. The van der Waals surface area contributed by atoms with Gasteiger partial charge in [0.25, 0.3) is 5.91 Å². The minimum Gasteiger partial charge on any atom is -0.363 e. The zero-order valence-electron chi connectivity index (χ0n) is 13.2. The van der Waals surface area contributed by atoms with Crippen LogP contribution in [0, 0.1) is 0 Å². The Bertz CT molecular complexity index is 533. The third kappa shape index (κ3) is 3.28. The molecule has 0 aliphatic carbocycles. The lowest BCUT2D eigenvalue weighted by Gasteiger charge is -2.37. The summed E-state index contributed by atoms with van der Waals surface area (Å²) >= 11 is 1.70. The van der Waals surface area contributed by atoms with Crippen LogP contribution >= 0.6 is 11.3 Å². The van der Waals surface area contributed by atoms with Crippen molar-refractivity contribution in [3.05, 3.63) is 16.6 Å². The van der Waals surface area contributed by atoms with Gasteiger partial charge in [-0.3, -0.25) is 14.5 Å². The number of rotatable bonds is 3. The number of carbonyl (C=O) groups excluding carboxylic acids is 1. The summed E-state index contributed by atoms with van der Waals surface area (Å²) in [7, 11) is 0. The first-order chi connectivity index (χ1) is 11.3. The number of thiazole rings is 1. The second-order valence-electron chi connectivity index (χ2n) is 6.47. The zero-order chi connectivity index (χ0) is 15.6. The largest absolute Gasteiger partial charge is 0.363 e. The number of fused-ring (bicyclic) bond motifs is 1. The van der Waals surface area contributed by atoms with Gasteiger partial charge in [0.05, 0.1) is 19.3 Å². The van der Waals surface area contributed by atoms with Gasteiger partial charge < -0.3 is 4.74 Å². The molecule has 4 heterocycles. The fourth-order valence-corrected chi connectivity index (χ4v) is 4.47. The van der Waals surface area contributed by atoms with E-state index in [1.165, 1.54) is 5.06 Å². The number of likely N-dealkylation sites (tertiary alicyclic amines) is 1. The average Bonchev–Trinajstić information content (AvgIpc) is 3.25. The predicted octanol–water partition coefficient (Wildman–Crippen LogP) is 1.82. The topological polar surface area (TPSA) is 54.9 Å². The predicted molar refractivity (Wildman–Crippen MR) is 85.7 cm³/mol. The van der Waals surface area contributed by atoms with Crippen LogP contribution in [0.2, 0.25) is 0 Å². The van der Waals surface area contributed by atoms with Crippen molar-refractivity contribution < 1.29 is 14.4 Å². The number of hydrogen-bond acceptors (Lipinski definition) is 6. The molecule has 0 unspecified atom stereocenters. The molecular formula is C16H23N3O3S. The monoisotopic (exact) mass is 337 g/mol. The van der Waals surface area contributed by atoms with Gasteiger partial charge in [0.15, 0.2) is 0 Å². The molecule has 1 aromatic heterocycles. The number of amides is 1. The first-order valence-electron chi connectivity index (χ1n) is 8.53. The highest BCUT2D eigenvalue weighted by Crippen LogP contribution is 2.33. The molecule has 6 nitrogen and oxygen atoms in total. The molecule has 0 bridgehead atoms. The number of aromatic nitrogens is 1. The van der Waals surface area contributed by atoms with E-state index in [4.69, 9.17) is 9.57 Å². The fraction of sp³-hybridized carbons (Fsp3) is 0.750. The maximum absolute atomic E-state index is 12.5. The van der Waals surface area contributed by atoms with E-state index in [2.05, 4.69) is 9.88 Å². The molecule has 4 rings (SSSR count). The van der Waals surface area contributed by atoms with Gasteiger partial charge in [-0.25, -0.2) is 10.0 Å². The van der Waals surface area contributed by atoms with E-state index in [0.29, 0.717) is 19.2 Å². The molecule has 0 saturated carbocycles. The van der Waals surface area contributed by atoms with Gasteiger partial charge in [-0.2, -0.15) is 0 Å². The molecule has 1 aromatic rings. The van der Waals surface area contributed by atoms with Gasteiger partial charge in [0.2, 0.25) is 0 Å². The van der Waals surface area contributed by atoms with Crippen LogP contribution in [-0.4, -0.2) is 58.8 Å². The van der Waals surface area contributed by atoms with E-state index in [1.807, 2.05) is 11.6 Å². The maximum Gasteiger partial charge on any atom is 0.275 e. The van der Waals surface area contributed by atoms with Crippen molar-refractivity contribution in [1.29, 1.82) is 0 Å². The molecule has 1 amide bonds. The van der Waals surface area contributed by atoms with E-state index in [1.54, 1.807) is 11.3 Å². The normalized spacial score (nSPS) is 32.0. The molecule has 0 aromatic carbocycles. The van der Waals surface area contributed by atoms with Crippen LogP contribution in [0.15, 0.2) is 11.6 Å². The molecule has 0 spiro atoms. The zero-order valence-corrected chi connectivity index (χ0v) is 14.0. The molecule has 3 saturated heterocycles. The summed E-state index contributed by atoms with van der Waals surface area (Å²) in [6.07, 6.45) is 6.56. The highest BCUT2D eigenvalue weighted by molar-refractivity contribution is 7.09. The minimum atomic E-state index is -0.325. The Morgan fingerprint density at radius 1 is 1.30 bits per heavy atom. The highest BCUT2D eigenvalue weighted by Gasteiger charge is 2.43. The highest BCUT2D eigenvalue weighted by atomic mass is 32.1. The summed E-state index contributed by atoms with van der Waals surface area (Å²) in [5.41, 5.74) is 0. The van der Waals surface area contributed by atoms with Gasteiger partial charge in [0.1, 0.15) is 11.1 Å². The van der Waals surface area contributed by atoms with Crippen LogP contribution < -0.4 is 0 Å². The summed E-state index contributed by atoms with van der Waals surface area (Å²) in [4.78, 5) is 24.9. The Balaban J connectivity index is 1.34. The molecule has 3 fully saturated rings. The Morgan fingerprint density at radius 3 is 3.04 bits per heavy atom. The Kier molecular flexibility index (Phi) is 4.61. The van der Waals surface area contributed by atoms with Gasteiger partial charge in [0, 0.05) is 30.7 Å². The second kappa shape index (κ2) is 6.84. The first-order valence-corrected chi connectivity index (χ1v) is 9.41. The Labute approximate surface area is 140 Å². The molecule has 0 N–H and O–H groups in total. The lowest BCUT2D eigenvalue weighted by Crippen LogP contribution is -2.49. The molecule has 3 aliphatic rings. The number of nitrogens with zero attached hydrogens (tertiary/aromatic N) is 3. The lowest BCUT2D eigenvalue weighted by atomic mass is 9.98. The van der Waals surface area contributed by atoms with Crippen molar-refractivity contribution in [2.75, 3.05) is 19.7 Å². The third-order valence-electron chi connectivity index (χ3n) is 5.01. The molecule has 23 heavy (non-hydrogen) atoms. The van der Waals surface area contributed by atoms with Gasteiger partial charge >= 0.3 is 0 Å². The van der Waals surface area contributed by atoms with Crippen LogP contribution in [0.5, 0.6) is 0 Å². The van der Waals surface area contributed by atoms with Crippen LogP contribution in [0.4, 0.5) is 0 Å². The van der Waals surface area contributed by atoms with E-state index >= 15 is 0 Å². The summed E-state index contributed by atoms with van der Waals surface area (Å²) in [5, 5.41) is 4.70. The van der Waals surface area contributed by atoms with Crippen molar-refractivity contribution >= 4 is 17.2 Å². The SMILES string of the molecule is O=C([C@@H]1CC[C@@H]2[C@@H](CCN2Cc2nccs2)O1)N1CCCCO1. The van der Waals surface area contributed by atoms with Crippen molar-refractivity contribution in [1.82, 2.24) is 14.9 Å². The fourth-order valence-electron chi connectivity index (χ4n) is 3.83. The molecule has 0 radical (unpaired) electrons. The average molecular weight is 337 g/mol. The van der Waals surface area contributed by atoms with Gasteiger partial charge in [-0.1, -0.05) is 0 Å². The number of hydroxylamine groups is 2. The van der Waals surface area contributed by atoms with Crippen LogP contribution in [0.1, 0.15) is 37.1 Å². The third-order valence-corrected chi connectivity index (χ3v) is 5.77. The smallest absolute Gasteiger partial charge is 0.275 e. The molecule has 126 valence electrons. The molecule has 3 atom stereocenters. The van der Waals surface area contributed by atoms with Crippen molar-refractivity contribution in [2.24, 2.45) is 0 Å². The number of ether oxygens (including phenoxy) is 1. The summed E-state index contributed by atoms with van der Waals surface area (Å²) in [5.74, 6) is 0.0153. The Hall–Kier alpha value is -1.02. The maximum atomic E-state index is 12.5. The van der Waals surface area contributed by atoms with E-state index in [0.717, 1.165) is 50.2 Å². The lowest BCUT2D eigenvalue weighted by molar-refractivity contribution is -0.213.